The molecule has 6 heteroatoms. The van der Waals surface area contributed by atoms with E-state index in [-0.39, 0.29) is 11.1 Å². The first kappa shape index (κ1) is 14.6. The van der Waals surface area contributed by atoms with Crippen LogP contribution in [0.5, 0.6) is 0 Å². The fourth-order valence-corrected chi connectivity index (χ4v) is 2.17. The molecule has 2 N–H and O–H groups in total. The van der Waals surface area contributed by atoms with Crippen LogP contribution in [0.2, 0.25) is 0 Å². The van der Waals surface area contributed by atoms with Crippen molar-refractivity contribution in [3.8, 4) is 0 Å². The number of rotatable bonds is 7. The van der Waals surface area contributed by atoms with Crippen molar-refractivity contribution >= 4 is 11.5 Å². The van der Waals surface area contributed by atoms with E-state index in [0.717, 1.165) is 6.54 Å². The molecule has 20 heavy (non-hydrogen) atoms. The summed E-state index contributed by atoms with van der Waals surface area (Å²) in [5, 5.41) is 13.8. The zero-order valence-electron chi connectivity index (χ0n) is 12.4. The summed E-state index contributed by atoms with van der Waals surface area (Å²) in [5.74, 6) is 0.699. The van der Waals surface area contributed by atoms with E-state index in [1.807, 2.05) is 6.07 Å². The third-order valence-electron chi connectivity index (χ3n) is 3.48. The summed E-state index contributed by atoms with van der Waals surface area (Å²) in [6.45, 7) is 7.55. The van der Waals surface area contributed by atoms with E-state index >= 15 is 0 Å². The van der Waals surface area contributed by atoms with Crippen molar-refractivity contribution in [1.82, 2.24) is 19.8 Å². The second kappa shape index (κ2) is 6.07. The van der Waals surface area contributed by atoms with Crippen LogP contribution in [-0.2, 0) is 0 Å². The van der Waals surface area contributed by atoms with Crippen LogP contribution in [0.25, 0.3) is 5.65 Å². The third kappa shape index (κ3) is 3.59. The molecule has 6 nitrogen and oxygen atoms in total. The summed E-state index contributed by atoms with van der Waals surface area (Å²) in [7, 11) is 0. The van der Waals surface area contributed by atoms with Gasteiger partial charge in [-0.1, -0.05) is 40.0 Å². The Labute approximate surface area is 118 Å². The first-order valence-corrected chi connectivity index (χ1v) is 7.20. The average molecular weight is 277 g/mol. The summed E-state index contributed by atoms with van der Waals surface area (Å²) >= 11 is 0. The third-order valence-corrected chi connectivity index (χ3v) is 3.48. The van der Waals surface area contributed by atoms with Crippen LogP contribution >= 0.6 is 0 Å². The predicted molar refractivity (Wildman–Crippen MR) is 80.0 cm³/mol. The predicted octanol–water partition coefficient (Wildman–Crippen LogP) is 2.44. The van der Waals surface area contributed by atoms with Gasteiger partial charge in [-0.3, -0.25) is 0 Å². The van der Waals surface area contributed by atoms with E-state index in [4.69, 9.17) is 0 Å². The Morgan fingerprint density at radius 3 is 2.90 bits per heavy atom. The SMILES string of the molecule is CCCCCC(C)(C)CNc1ccc2n[nH]c(=O)n2n1. The Hall–Kier alpha value is -1.85. The van der Waals surface area contributed by atoms with Gasteiger partial charge in [0.15, 0.2) is 5.65 Å². The van der Waals surface area contributed by atoms with E-state index < -0.39 is 0 Å². The molecule has 0 aliphatic carbocycles. The molecule has 0 aromatic carbocycles. The van der Waals surface area contributed by atoms with Gasteiger partial charge < -0.3 is 5.32 Å². The molecular formula is C14H23N5O. The molecule has 2 heterocycles. The Morgan fingerprint density at radius 1 is 1.35 bits per heavy atom. The molecule has 0 radical (unpaired) electrons. The lowest BCUT2D eigenvalue weighted by molar-refractivity contribution is 0.342. The molecular weight excluding hydrogens is 254 g/mol. The lowest BCUT2D eigenvalue weighted by atomic mass is 9.87. The standard InChI is InChI=1S/C14H23N5O/c1-4-5-6-9-14(2,3)10-15-11-7-8-12-16-17-13(20)19(12)18-11/h7-8H,4-6,9-10H2,1-3H3,(H,15,18)(H,17,20). The smallest absolute Gasteiger partial charge is 0.364 e. The van der Waals surface area contributed by atoms with Crippen molar-refractivity contribution in [1.29, 1.82) is 0 Å². The maximum Gasteiger partial charge on any atom is 0.364 e. The normalized spacial score (nSPS) is 11.9. The number of hydrogen-bond donors (Lipinski definition) is 2. The molecule has 2 aromatic heterocycles. The van der Waals surface area contributed by atoms with Crippen molar-refractivity contribution < 1.29 is 0 Å². The fraction of sp³-hybridized carbons (Fsp3) is 0.643. The van der Waals surface area contributed by atoms with Crippen molar-refractivity contribution in [3.63, 3.8) is 0 Å². The molecule has 0 atom stereocenters. The maximum absolute atomic E-state index is 11.5. The highest BCUT2D eigenvalue weighted by Crippen LogP contribution is 2.24. The highest BCUT2D eigenvalue weighted by Gasteiger charge is 2.17. The zero-order valence-corrected chi connectivity index (χ0v) is 12.4. The van der Waals surface area contributed by atoms with Crippen molar-refractivity contribution in [2.24, 2.45) is 5.41 Å². The van der Waals surface area contributed by atoms with Gasteiger partial charge in [-0.25, -0.2) is 9.89 Å². The van der Waals surface area contributed by atoms with Crippen molar-refractivity contribution in [2.45, 2.75) is 46.5 Å². The number of anilines is 1. The summed E-state index contributed by atoms with van der Waals surface area (Å²) in [5.41, 5.74) is 0.432. The number of aromatic nitrogens is 4. The maximum atomic E-state index is 11.5. The largest absolute Gasteiger partial charge is 0.368 e. The number of H-pyrrole nitrogens is 1. The van der Waals surface area contributed by atoms with Gasteiger partial charge in [0.05, 0.1) is 0 Å². The highest BCUT2D eigenvalue weighted by atomic mass is 16.2. The van der Waals surface area contributed by atoms with Crippen LogP contribution in [0.1, 0.15) is 46.5 Å². The second-order valence-corrected chi connectivity index (χ2v) is 5.99. The van der Waals surface area contributed by atoms with Crippen LogP contribution < -0.4 is 11.0 Å². The highest BCUT2D eigenvalue weighted by molar-refractivity contribution is 5.42. The van der Waals surface area contributed by atoms with E-state index in [1.54, 1.807) is 6.07 Å². The minimum Gasteiger partial charge on any atom is -0.368 e. The van der Waals surface area contributed by atoms with Gasteiger partial charge in [0.2, 0.25) is 0 Å². The number of aromatic amines is 1. The topological polar surface area (TPSA) is 75.1 Å². The van der Waals surface area contributed by atoms with Gasteiger partial charge >= 0.3 is 5.69 Å². The first-order chi connectivity index (χ1) is 9.52. The van der Waals surface area contributed by atoms with E-state index in [9.17, 15) is 4.79 Å². The van der Waals surface area contributed by atoms with Crippen LogP contribution in [0.4, 0.5) is 5.82 Å². The Morgan fingerprint density at radius 2 is 2.15 bits per heavy atom. The monoisotopic (exact) mass is 277 g/mol. The van der Waals surface area contributed by atoms with Gasteiger partial charge in [-0.05, 0) is 24.0 Å². The molecule has 0 aliphatic rings. The average Bonchev–Trinajstić information content (AvgIpc) is 2.78. The summed E-state index contributed by atoms with van der Waals surface area (Å²) in [6.07, 6.45) is 4.95. The molecule has 110 valence electrons. The summed E-state index contributed by atoms with van der Waals surface area (Å²) in [4.78, 5) is 11.5. The Balaban J connectivity index is 1.97. The Bertz CT molecular complexity index is 613. The second-order valence-electron chi connectivity index (χ2n) is 5.99. The number of nitrogens with one attached hydrogen (secondary N) is 2. The van der Waals surface area contributed by atoms with Crippen molar-refractivity contribution in [2.75, 3.05) is 11.9 Å². The number of fused-ring (bicyclic) bond motifs is 1. The minimum atomic E-state index is -0.314. The Kier molecular flexibility index (Phi) is 4.42. The van der Waals surface area contributed by atoms with E-state index in [2.05, 4.69) is 41.4 Å². The molecule has 0 unspecified atom stereocenters. The summed E-state index contributed by atoms with van der Waals surface area (Å²) < 4.78 is 1.27. The summed E-state index contributed by atoms with van der Waals surface area (Å²) in [6, 6.07) is 3.62. The number of nitrogens with zero attached hydrogens (tertiary/aromatic N) is 3. The van der Waals surface area contributed by atoms with Crippen LogP contribution in [-0.4, -0.2) is 26.4 Å². The van der Waals surface area contributed by atoms with Gasteiger partial charge in [-0.15, -0.1) is 5.10 Å². The van der Waals surface area contributed by atoms with Gasteiger partial charge in [-0.2, -0.15) is 9.61 Å². The lowest BCUT2D eigenvalue weighted by Crippen LogP contribution is -2.24. The lowest BCUT2D eigenvalue weighted by Gasteiger charge is -2.25. The quantitative estimate of drug-likeness (QED) is 0.762. The molecule has 2 rings (SSSR count). The number of hydrogen-bond acceptors (Lipinski definition) is 4. The van der Waals surface area contributed by atoms with Crippen LogP contribution in [0, 0.1) is 5.41 Å². The number of unbranched alkanes of at least 4 members (excludes halogenated alkanes) is 2. The minimum absolute atomic E-state index is 0.215. The molecule has 0 amide bonds. The van der Waals surface area contributed by atoms with Crippen LogP contribution in [0.15, 0.2) is 16.9 Å². The first-order valence-electron chi connectivity index (χ1n) is 7.20. The van der Waals surface area contributed by atoms with Gasteiger partial charge in [0.1, 0.15) is 5.82 Å². The molecule has 0 saturated carbocycles. The molecule has 0 saturated heterocycles. The molecule has 0 bridgehead atoms. The van der Waals surface area contributed by atoms with E-state index in [1.165, 1.54) is 30.2 Å². The van der Waals surface area contributed by atoms with Gasteiger partial charge in [0, 0.05) is 6.54 Å². The van der Waals surface area contributed by atoms with Gasteiger partial charge in [0.25, 0.3) is 0 Å². The fourth-order valence-electron chi connectivity index (χ4n) is 2.17. The molecule has 0 aliphatic heterocycles. The van der Waals surface area contributed by atoms with Crippen molar-refractivity contribution in [3.05, 3.63) is 22.6 Å². The molecule has 2 aromatic rings. The molecule has 0 fully saturated rings. The zero-order chi connectivity index (χ0) is 14.6. The molecule has 0 spiro atoms. The van der Waals surface area contributed by atoms with Crippen LogP contribution in [0.3, 0.4) is 0 Å². The van der Waals surface area contributed by atoms with E-state index in [0.29, 0.717) is 11.5 Å².